The van der Waals surface area contributed by atoms with Crippen LogP contribution in [0.3, 0.4) is 0 Å². The Morgan fingerprint density at radius 3 is 2.39 bits per heavy atom. The first kappa shape index (κ1) is 14.6. The molecule has 0 saturated heterocycles. The lowest BCUT2D eigenvalue weighted by molar-refractivity contribution is -0.385. The molecule has 0 bridgehead atoms. The predicted octanol–water partition coefficient (Wildman–Crippen LogP) is 2.43. The zero-order valence-corrected chi connectivity index (χ0v) is 10.3. The maximum atomic E-state index is 12.1. The second-order valence-electron chi connectivity index (χ2n) is 3.11. The van der Waals surface area contributed by atoms with E-state index in [4.69, 9.17) is 10.7 Å². The molecule has 100 valence electrons. The molecule has 0 aromatic heterocycles. The van der Waals surface area contributed by atoms with E-state index in [-0.39, 0.29) is 5.56 Å². The fourth-order valence-corrected chi connectivity index (χ4v) is 2.75. The van der Waals surface area contributed by atoms with Crippen molar-refractivity contribution in [1.82, 2.24) is 0 Å². The molecule has 0 atom stereocenters. The maximum absolute atomic E-state index is 12.1. The Kier molecular flexibility index (Phi) is 4.07. The standard InChI is InChI=1S/C8H6ClF2NO5S/c1-4-5(12(13)14)2-3-6(17-8(10)11)7(4)18(9,15)16/h2-3,8H,1H3. The summed E-state index contributed by atoms with van der Waals surface area (Å²) >= 11 is 0. The second kappa shape index (κ2) is 5.02. The molecule has 1 rings (SSSR count). The third-order valence-electron chi connectivity index (χ3n) is 2.00. The van der Waals surface area contributed by atoms with Gasteiger partial charge in [-0.3, -0.25) is 10.1 Å². The van der Waals surface area contributed by atoms with E-state index in [2.05, 4.69) is 4.74 Å². The third-order valence-corrected chi connectivity index (χ3v) is 3.46. The Bertz CT molecular complexity index is 589. The van der Waals surface area contributed by atoms with Gasteiger partial charge in [0.25, 0.3) is 14.7 Å². The van der Waals surface area contributed by atoms with Gasteiger partial charge in [0, 0.05) is 16.7 Å². The van der Waals surface area contributed by atoms with Crippen LogP contribution < -0.4 is 4.74 Å². The number of ether oxygens (including phenoxy) is 1. The van der Waals surface area contributed by atoms with Crippen molar-refractivity contribution in [1.29, 1.82) is 0 Å². The van der Waals surface area contributed by atoms with Gasteiger partial charge in [-0.1, -0.05) is 0 Å². The van der Waals surface area contributed by atoms with E-state index in [1.54, 1.807) is 0 Å². The quantitative estimate of drug-likeness (QED) is 0.484. The second-order valence-corrected chi connectivity index (χ2v) is 5.61. The molecule has 0 aliphatic carbocycles. The average Bonchev–Trinajstić information content (AvgIpc) is 2.13. The minimum atomic E-state index is -4.46. The molecule has 0 saturated carbocycles. The topological polar surface area (TPSA) is 86.5 Å². The molecule has 0 aliphatic heterocycles. The van der Waals surface area contributed by atoms with E-state index in [9.17, 15) is 27.3 Å². The first-order chi connectivity index (χ1) is 8.14. The highest BCUT2D eigenvalue weighted by Crippen LogP contribution is 2.36. The Labute approximate surface area is 105 Å². The van der Waals surface area contributed by atoms with Gasteiger partial charge in [0.05, 0.1) is 10.5 Å². The third kappa shape index (κ3) is 3.05. The van der Waals surface area contributed by atoms with Crippen LogP contribution in [0, 0.1) is 17.0 Å². The molecule has 0 aliphatic rings. The van der Waals surface area contributed by atoms with E-state index >= 15 is 0 Å². The van der Waals surface area contributed by atoms with Gasteiger partial charge in [-0.2, -0.15) is 8.78 Å². The first-order valence-electron chi connectivity index (χ1n) is 4.32. The molecule has 6 nitrogen and oxygen atoms in total. The number of rotatable bonds is 4. The van der Waals surface area contributed by atoms with Gasteiger partial charge >= 0.3 is 6.61 Å². The number of benzene rings is 1. The molecule has 0 heterocycles. The van der Waals surface area contributed by atoms with Crippen molar-refractivity contribution in [3.8, 4) is 5.75 Å². The first-order valence-corrected chi connectivity index (χ1v) is 6.63. The van der Waals surface area contributed by atoms with Crippen molar-refractivity contribution in [3.63, 3.8) is 0 Å². The molecule has 10 heteroatoms. The number of hydrogen-bond donors (Lipinski definition) is 0. The fourth-order valence-electron chi connectivity index (χ4n) is 1.35. The molecule has 0 radical (unpaired) electrons. The zero-order chi connectivity index (χ0) is 14.1. The Morgan fingerprint density at radius 1 is 1.44 bits per heavy atom. The molecule has 1 aromatic rings. The lowest BCUT2D eigenvalue weighted by Gasteiger charge is -2.10. The van der Waals surface area contributed by atoms with E-state index in [0.717, 1.165) is 19.1 Å². The Balaban J connectivity index is 3.57. The van der Waals surface area contributed by atoms with Crippen molar-refractivity contribution in [2.24, 2.45) is 0 Å². The summed E-state index contributed by atoms with van der Waals surface area (Å²) in [4.78, 5) is 8.92. The smallest absolute Gasteiger partial charge is 0.387 e. The summed E-state index contributed by atoms with van der Waals surface area (Å²) in [6.45, 7) is -2.20. The number of hydrogen-bond acceptors (Lipinski definition) is 5. The summed E-state index contributed by atoms with van der Waals surface area (Å²) in [6, 6.07) is 1.62. The molecular formula is C8H6ClF2NO5S. The van der Waals surface area contributed by atoms with Crippen LogP contribution in [0.5, 0.6) is 5.75 Å². The van der Waals surface area contributed by atoms with E-state index in [1.807, 2.05) is 0 Å². The number of nitro benzene ring substituents is 1. The summed E-state index contributed by atoms with van der Waals surface area (Å²) in [6.07, 6.45) is 0. The molecule has 18 heavy (non-hydrogen) atoms. The molecule has 0 fully saturated rings. The maximum Gasteiger partial charge on any atom is 0.387 e. The lowest BCUT2D eigenvalue weighted by atomic mass is 10.2. The molecule has 0 unspecified atom stereocenters. The van der Waals surface area contributed by atoms with Gasteiger partial charge in [-0.05, 0) is 13.0 Å². The van der Waals surface area contributed by atoms with Crippen LogP contribution in [-0.4, -0.2) is 20.0 Å². The van der Waals surface area contributed by atoms with Crippen LogP contribution in [0.25, 0.3) is 0 Å². The summed E-state index contributed by atoms with van der Waals surface area (Å²) in [7, 11) is 0.597. The van der Waals surface area contributed by atoms with Crippen LogP contribution >= 0.6 is 10.7 Å². The van der Waals surface area contributed by atoms with Crippen LogP contribution in [-0.2, 0) is 9.05 Å². The van der Waals surface area contributed by atoms with Crippen LogP contribution in [0.4, 0.5) is 14.5 Å². The number of nitrogens with zero attached hydrogens (tertiary/aromatic N) is 1. The van der Waals surface area contributed by atoms with Gasteiger partial charge in [-0.15, -0.1) is 0 Å². The van der Waals surface area contributed by atoms with E-state index in [1.165, 1.54) is 0 Å². The summed E-state index contributed by atoms with van der Waals surface area (Å²) in [5, 5.41) is 10.6. The predicted molar refractivity (Wildman–Crippen MR) is 57.5 cm³/mol. The summed E-state index contributed by atoms with van der Waals surface area (Å²) in [5.41, 5.74) is -0.927. The monoisotopic (exact) mass is 301 g/mol. The van der Waals surface area contributed by atoms with Crippen LogP contribution in [0.15, 0.2) is 17.0 Å². The van der Waals surface area contributed by atoms with Gasteiger partial charge in [0.15, 0.2) is 0 Å². The molecule has 0 amide bonds. The highest BCUT2D eigenvalue weighted by Gasteiger charge is 2.27. The number of nitro groups is 1. The normalized spacial score (nSPS) is 11.6. The zero-order valence-electron chi connectivity index (χ0n) is 8.76. The molecular weight excluding hydrogens is 296 g/mol. The van der Waals surface area contributed by atoms with Crippen LogP contribution in [0.1, 0.15) is 5.56 Å². The van der Waals surface area contributed by atoms with Gasteiger partial charge in [0.1, 0.15) is 10.6 Å². The van der Waals surface area contributed by atoms with Gasteiger partial charge in [-0.25, -0.2) is 8.42 Å². The van der Waals surface area contributed by atoms with Crippen molar-refractivity contribution in [2.45, 2.75) is 18.4 Å². The largest absolute Gasteiger partial charge is 0.433 e. The lowest BCUT2D eigenvalue weighted by Crippen LogP contribution is -2.08. The Hall–Kier alpha value is -1.48. The van der Waals surface area contributed by atoms with E-state index in [0.29, 0.717) is 0 Å². The van der Waals surface area contributed by atoms with Crippen molar-refractivity contribution in [3.05, 3.63) is 27.8 Å². The van der Waals surface area contributed by atoms with Crippen molar-refractivity contribution in [2.75, 3.05) is 0 Å². The Morgan fingerprint density at radius 2 is 2.00 bits per heavy atom. The van der Waals surface area contributed by atoms with Gasteiger partial charge < -0.3 is 4.74 Å². The minimum absolute atomic E-state index is 0.367. The molecule has 0 spiro atoms. The average molecular weight is 302 g/mol. The fraction of sp³-hybridized carbons (Fsp3) is 0.250. The molecule has 0 N–H and O–H groups in total. The van der Waals surface area contributed by atoms with Crippen molar-refractivity contribution < 1.29 is 26.9 Å². The minimum Gasteiger partial charge on any atom is -0.433 e. The van der Waals surface area contributed by atoms with E-state index < -0.39 is 36.9 Å². The summed E-state index contributed by atoms with van der Waals surface area (Å²) < 4.78 is 50.6. The summed E-state index contributed by atoms with van der Waals surface area (Å²) in [5.74, 6) is -0.733. The van der Waals surface area contributed by atoms with Gasteiger partial charge in [0.2, 0.25) is 0 Å². The molecule has 1 aromatic carbocycles. The van der Waals surface area contributed by atoms with Crippen LogP contribution in [0.2, 0.25) is 0 Å². The number of alkyl halides is 2. The highest BCUT2D eigenvalue weighted by molar-refractivity contribution is 8.13. The number of halogens is 3. The highest BCUT2D eigenvalue weighted by atomic mass is 35.7. The van der Waals surface area contributed by atoms with Crippen molar-refractivity contribution >= 4 is 25.4 Å². The SMILES string of the molecule is Cc1c([N+](=O)[O-])ccc(OC(F)F)c1S(=O)(=O)Cl.